The van der Waals surface area contributed by atoms with Crippen LogP contribution in [0.4, 0.5) is 32.0 Å². The Hall–Kier alpha value is -5.39. The highest BCUT2D eigenvalue weighted by molar-refractivity contribution is 5.94. The van der Waals surface area contributed by atoms with E-state index in [-0.39, 0.29) is 29.6 Å². The second-order valence-electron chi connectivity index (χ2n) is 10.8. The maximum Gasteiger partial charge on any atom is 0.416 e. The molecule has 47 heavy (non-hydrogen) atoms. The van der Waals surface area contributed by atoms with Crippen molar-refractivity contribution < 1.29 is 41.0 Å². The van der Waals surface area contributed by atoms with E-state index >= 15 is 0 Å². The summed E-state index contributed by atoms with van der Waals surface area (Å²) in [7, 11) is 1.44. The maximum atomic E-state index is 13.2. The summed E-state index contributed by atoms with van der Waals surface area (Å²) >= 11 is 0. The van der Waals surface area contributed by atoms with Crippen molar-refractivity contribution >= 4 is 11.7 Å². The second kappa shape index (κ2) is 12.8. The zero-order chi connectivity index (χ0) is 34.1. The van der Waals surface area contributed by atoms with Crippen LogP contribution in [0, 0.1) is 6.92 Å². The molecule has 0 unspecified atom stereocenters. The van der Waals surface area contributed by atoms with Crippen LogP contribution < -0.4 is 10.5 Å². The number of benzene rings is 4. The molecular weight excluding hydrogens is 624 g/mol. The number of nitrogens with two attached hydrogens (primary N) is 1. The fourth-order valence-corrected chi connectivity index (χ4v) is 5.43. The van der Waals surface area contributed by atoms with Gasteiger partial charge >= 0.3 is 24.3 Å². The standard InChI is InChI=1S/C23H17F6N.C12H10N2O3/c1-12-15(10-19-18-5-3-2-4-14(18)9-20(19)21(12)30)6-13-7-16(22(24,25)26)11-17(8-13)23(27,28)29;1-17-12-13-7-9(11(15)16)10(14-12)8-5-3-2-4-6-8/h2-5,7-8,10-11H,6,9,30H2,1H3;2-7H,1H3,(H,15,16). The SMILES string of the molecule is COc1ncc(C(=O)O)c(-c2ccccc2)n1.Cc1c(Cc2cc(C(F)(F)F)cc(C(F)(F)F)c2)cc2c(c1N)Cc1ccccc1-2. The number of methoxy groups -OCH3 is 1. The van der Waals surface area contributed by atoms with Crippen molar-refractivity contribution in [2.75, 3.05) is 12.8 Å². The number of aromatic nitrogens is 2. The molecule has 12 heteroatoms. The lowest BCUT2D eigenvalue weighted by molar-refractivity contribution is -0.143. The van der Waals surface area contributed by atoms with Crippen molar-refractivity contribution in [2.45, 2.75) is 32.1 Å². The van der Waals surface area contributed by atoms with Gasteiger partial charge in [0.05, 0.1) is 23.9 Å². The Balaban J connectivity index is 0.000000216. The molecule has 0 amide bonds. The molecule has 0 atom stereocenters. The molecule has 3 N–H and O–H groups in total. The van der Waals surface area contributed by atoms with Crippen LogP contribution in [0.5, 0.6) is 6.01 Å². The average Bonchev–Trinajstić information content (AvgIpc) is 3.41. The van der Waals surface area contributed by atoms with Crippen LogP contribution in [0.25, 0.3) is 22.4 Å². The quantitative estimate of drug-likeness (QED) is 0.143. The number of nitrogens with zero attached hydrogens (tertiary/aromatic N) is 2. The van der Waals surface area contributed by atoms with Crippen molar-refractivity contribution in [2.24, 2.45) is 0 Å². The second-order valence-corrected chi connectivity index (χ2v) is 10.8. The number of nitrogen functional groups attached to an aromatic ring is 1. The Labute approximate surface area is 265 Å². The van der Waals surface area contributed by atoms with Gasteiger partial charge in [-0.1, -0.05) is 60.7 Å². The number of carboxylic acids is 1. The van der Waals surface area contributed by atoms with Gasteiger partial charge in [-0.25, -0.2) is 9.78 Å². The van der Waals surface area contributed by atoms with Gasteiger partial charge in [-0.3, -0.25) is 0 Å². The fourth-order valence-electron chi connectivity index (χ4n) is 5.43. The van der Waals surface area contributed by atoms with Gasteiger partial charge in [0.2, 0.25) is 0 Å². The minimum absolute atomic E-state index is 0.0528. The normalized spacial score (nSPS) is 12.1. The molecule has 4 aromatic carbocycles. The van der Waals surface area contributed by atoms with Gasteiger partial charge in [-0.15, -0.1) is 0 Å². The molecule has 1 aromatic heterocycles. The van der Waals surface area contributed by atoms with Crippen molar-refractivity contribution in [3.8, 4) is 28.4 Å². The summed E-state index contributed by atoms with van der Waals surface area (Å²) in [5.74, 6) is -1.06. The summed E-state index contributed by atoms with van der Waals surface area (Å²) < 4.78 is 84.0. The molecule has 1 aliphatic carbocycles. The summed E-state index contributed by atoms with van der Waals surface area (Å²) in [4.78, 5) is 18.9. The first kappa shape index (κ1) is 33.0. The number of aromatic carboxylic acids is 1. The Morgan fingerprint density at radius 1 is 0.894 bits per heavy atom. The summed E-state index contributed by atoms with van der Waals surface area (Å²) in [5.41, 5.74) is 10.4. The largest absolute Gasteiger partial charge is 0.478 e. The maximum absolute atomic E-state index is 13.2. The van der Waals surface area contributed by atoms with Crippen LogP contribution in [0.3, 0.4) is 0 Å². The molecule has 0 saturated heterocycles. The predicted molar refractivity (Wildman–Crippen MR) is 164 cm³/mol. The number of halogens is 6. The lowest BCUT2D eigenvalue weighted by atomic mass is 9.91. The number of fused-ring (bicyclic) bond motifs is 3. The molecule has 242 valence electrons. The Morgan fingerprint density at radius 2 is 1.51 bits per heavy atom. The van der Waals surface area contributed by atoms with Gasteiger partial charge in [-0.2, -0.15) is 31.3 Å². The zero-order valence-electron chi connectivity index (χ0n) is 25.0. The van der Waals surface area contributed by atoms with Gasteiger partial charge in [-0.05, 0) is 70.5 Å². The number of hydrogen-bond acceptors (Lipinski definition) is 5. The van der Waals surface area contributed by atoms with Crippen molar-refractivity contribution in [3.05, 3.63) is 130 Å². The number of rotatable bonds is 5. The molecule has 6 rings (SSSR count). The molecule has 0 bridgehead atoms. The van der Waals surface area contributed by atoms with Gasteiger partial charge in [0.15, 0.2) is 0 Å². The van der Waals surface area contributed by atoms with Gasteiger partial charge in [0.25, 0.3) is 0 Å². The lowest BCUT2D eigenvalue weighted by Crippen LogP contribution is -2.12. The van der Waals surface area contributed by atoms with Crippen LogP contribution in [-0.2, 0) is 25.2 Å². The monoisotopic (exact) mass is 651 g/mol. The van der Waals surface area contributed by atoms with E-state index < -0.39 is 29.4 Å². The van der Waals surface area contributed by atoms with Crippen LogP contribution in [0.2, 0.25) is 0 Å². The van der Waals surface area contributed by atoms with Crippen molar-refractivity contribution in [1.29, 1.82) is 0 Å². The van der Waals surface area contributed by atoms with Crippen LogP contribution in [-0.4, -0.2) is 28.2 Å². The molecule has 0 saturated carbocycles. The molecular formula is C35H27F6N3O3. The van der Waals surface area contributed by atoms with E-state index in [1.165, 1.54) is 13.3 Å². The first-order chi connectivity index (χ1) is 22.2. The number of ether oxygens (including phenoxy) is 1. The van der Waals surface area contributed by atoms with E-state index in [0.29, 0.717) is 34.5 Å². The number of alkyl halides is 6. The first-order valence-corrected chi connectivity index (χ1v) is 14.1. The molecule has 0 aliphatic heterocycles. The molecule has 1 heterocycles. The van der Waals surface area contributed by atoms with E-state index in [9.17, 15) is 31.1 Å². The molecule has 0 fully saturated rings. The molecule has 1 aliphatic rings. The van der Waals surface area contributed by atoms with Gasteiger partial charge in [0.1, 0.15) is 5.56 Å². The third kappa shape index (κ3) is 7.06. The Morgan fingerprint density at radius 3 is 2.11 bits per heavy atom. The van der Waals surface area contributed by atoms with E-state index in [2.05, 4.69) is 9.97 Å². The minimum atomic E-state index is -4.87. The number of anilines is 1. The average molecular weight is 652 g/mol. The van der Waals surface area contributed by atoms with Crippen molar-refractivity contribution in [1.82, 2.24) is 9.97 Å². The molecule has 0 radical (unpaired) electrons. The van der Waals surface area contributed by atoms with Crippen LogP contribution in [0.15, 0.2) is 85.1 Å². The Kier molecular flexibility index (Phi) is 8.97. The number of carbonyl (C=O) groups is 1. The summed E-state index contributed by atoms with van der Waals surface area (Å²) in [6, 6.07) is 20.4. The van der Waals surface area contributed by atoms with Gasteiger partial charge < -0.3 is 15.6 Å². The van der Waals surface area contributed by atoms with E-state index in [0.717, 1.165) is 34.4 Å². The highest BCUT2D eigenvalue weighted by Crippen LogP contribution is 2.43. The third-order valence-electron chi connectivity index (χ3n) is 7.80. The number of carboxylic acid groups (broad SMARTS) is 1. The fraction of sp³-hybridized carbons (Fsp3) is 0.171. The third-order valence-corrected chi connectivity index (χ3v) is 7.80. The topological polar surface area (TPSA) is 98.3 Å². The van der Waals surface area contributed by atoms with E-state index in [1.807, 2.05) is 48.5 Å². The highest BCUT2D eigenvalue weighted by Gasteiger charge is 2.37. The zero-order valence-corrected chi connectivity index (χ0v) is 25.0. The van der Waals surface area contributed by atoms with Crippen molar-refractivity contribution in [3.63, 3.8) is 0 Å². The first-order valence-electron chi connectivity index (χ1n) is 14.1. The molecule has 0 spiro atoms. The predicted octanol–water partition coefficient (Wildman–Crippen LogP) is 8.63. The smallest absolute Gasteiger partial charge is 0.416 e. The van der Waals surface area contributed by atoms with Crippen LogP contribution in [0.1, 0.15) is 49.3 Å². The molecule has 5 aromatic rings. The number of hydrogen-bond donors (Lipinski definition) is 2. The summed E-state index contributed by atoms with van der Waals surface area (Å²) in [5, 5.41) is 9.07. The highest BCUT2D eigenvalue weighted by atomic mass is 19.4. The summed E-state index contributed by atoms with van der Waals surface area (Å²) in [6.45, 7) is 1.74. The molecule has 6 nitrogen and oxygen atoms in total. The minimum Gasteiger partial charge on any atom is -0.478 e. The Bertz CT molecular complexity index is 1930. The lowest BCUT2D eigenvalue weighted by Gasteiger charge is -2.17. The summed E-state index contributed by atoms with van der Waals surface area (Å²) in [6.07, 6.45) is -7.93. The van der Waals surface area contributed by atoms with E-state index in [1.54, 1.807) is 19.1 Å². The van der Waals surface area contributed by atoms with E-state index in [4.69, 9.17) is 15.6 Å². The van der Waals surface area contributed by atoms with Crippen LogP contribution >= 0.6 is 0 Å². The van der Waals surface area contributed by atoms with Gasteiger partial charge in [0, 0.05) is 23.9 Å².